The van der Waals surface area contributed by atoms with Gasteiger partial charge in [0.2, 0.25) is 11.8 Å². The highest BCUT2D eigenvalue weighted by molar-refractivity contribution is 6.10. The lowest BCUT2D eigenvalue weighted by Gasteiger charge is -2.34. The number of imide groups is 1. The summed E-state index contributed by atoms with van der Waals surface area (Å²) in [5.74, 6) is -0.762. The van der Waals surface area contributed by atoms with Crippen molar-refractivity contribution in [1.29, 1.82) is 0 Å². The van der Waals surface area contributed by atoms with Crippen molar-refractivity contribution in [2.45, 2.75) is 51.0 Å². The molecule has 28 heavy (non-hydrogen) atoms. The number of anilines is 1. The minimum absolute atomic E-state index is 0.0126. The molecule has 1 saturated heterocycles. The first-order valence-electron chi connectivity index (χ1n) is 9.65. The van der Waals surface area contributed by atoms with Crippen LogP contribution in [0.2, 0.25) is 0 Å². The summed E-state index contributed by atoms with van der Waals surface area (Å²) >= 11 is 0. The Morgan fingerprint density at radius 2 is 1.93 bits per heavy atom. The average molecular weight is 386 g/mol. The molecule has 1 heterocycles. The molecule has 1 aliphatic carbocycles. The largest absolute Gasteiger partial charge is 0.369 e. The van der Waals surface area contributed by atoms with Crippen LogP contribution >= 0.6 is 0 Å². The van der Waals surface area contributed by atoms with Crippen molar-refractivity contribution >= 4 is 29.4 Å². The maximum atomic E-state index is 12.9. The van der Waals surface area contributed by atoms with Gasteiger partial charge in [-0.1, -0.05) is 31.5 Å². The highest BCUT2D eigenvalue weighted by Crippen LogP contribution is 2.37. The lowest BCUT2D eigenvalue weighted by molar-refractivity contribution is -0.135. The van der Waals surface area contributed by atoms with Crippen LogP contribution in [0.25, 0.3) is 0 Å². The van der Waals surface area contributed by atoms with E-state index in [1.165, 1.54) is 0 Å². The normalized spacial score (nSPS) is 24.3. The zero-order valence-corrected chi connectivity index (χ0v) is 16.0. The Labute approximate surface area is 163 Å². The van der Waals surface area contributed by atoms with Crippen molar-refractivity contribution in [3.05, 3.63) is 29.8 Å². The van der Waals surface area contributed by atoms with Gasteiger partial charge in [-0.3, -0.25) is 19.3 Å². The quantitative estimate of drug-likeness (QED) is 0.642. The summed E-state index contributed by atoms with van der Waals surface area (Å²) in [6.45, 7) is 1.76. The van der Waals surface area contributed by atoms with Crippen LogP contribution < -0.4 is 16.4 Å². The minimum Gasteiger partial charge on any atom is -0.369 e. The van der Waals surface area contributed by atoms with E-state index in [9.17, 15) is 19.2 Å². The molecule has 8 nitrogen and oxygen atoms in total. The highest BCUT2D eigenvalue weighted by Gasteiger charge is 2.52. The number of rotatable bonds is 6. The van der Waals surface area contributed by atoms with E-state index in [4.69, 9.17) is 5.73 Å². The number of carbonyl (C=O) groups is 4. The molecule has 8 heteroatoms. The molecule has 150 valence electrons. The molecule has 1 aliphatic heterocycles. The topological polar surface area (TPSA) is 122 Å². The third-order valence-corrected chi connectivity index (χ3v) is 5.74. The molecule has 5 amide bonds. The lowest BCUT2D eigenvalue weighted by atomic mass is 9.75. The second-order valence-corrected chi connectivity index (χ2v) is 7.60. The van der Waals surface area contributed by atoms with Gasteiger partial charge in [0.15, 0.2) is 0 Å². The maximum Gasteiger partial charge on any atom is 0.325 e. The summed E-state index contributed by atoms with van der Waals surface area (Å²) in [4.78, 5) is 49.9. The van der Waals surface area contributed by atoms with Crippen LogP contribution in [0.3, 0.4) is 0 Å². The number of urea groups is 1. The third kappa shape index (κ3) is 4.00. The maximum absolute atomic E-state index is 12.9. The molecule has 1 aromatic rings. The summed E-state index contributed by atoms with van der Waals surface area (Å²) in [6, 6.07) is 6.27. The van der Waals surface area contributed by atoms with E-state index in [-0.39, 0.29) is 18.9 Å². The predicted octanol–water partition coefficient (Wildman–Crippen LogP) is 1.54. The van der Waals surface area contributed by atoms with Crippen LogP contribution in [-0.4, -0.2) is 40.7 Å². The molecule has 1 saturated carbocycles. The Morgan fingerprint density at radius 3 is 2.57 bits per heavy atom. The van der Waals surface area contributed by atoms with E-state index < -0.39 is 23.4 Å². The van der Waals surface area contributed by atoms with Crippen LogP contribution in [0.4, 0.5) is 10.5 Å². The van der Waals surface area contributed by atoms with Crippen LogP contribution in [0.15, 0.2) is 24.3 Å². The van der Waals surface area contributed by atoms with Gasteiger partial charge in [0, 0.05) is 5.69 Å². The smallest absolute Gasteiger partial charge is 0.325 e. The molecule has 2 aliphatic rings. The molecule has 0 radical (unpaired) electrons. The van der Waals surface area contributed by atoms with Crippen molar-refractivity contribution in [3.63, 3.8) is 0 Å². The molecular formula is C20H26N4O4. The monoisotopic (exact) mass is 386 g/mol. The van der Waals surface area contributed by atoms with Gasteiger partial charge < -0.3 is 16.4 Å². The van der Waals surface area contributed by atoms with Gasteiger partial charge in [0.1, 0.15) is 12.1 Å². The summed E-state index contributed by atoms with van der Waals surface area (Å²) in [5.41, 5.74) is 5.39. The van der Waals surface area contributed by atoms with Crippen molar-refractivity contribution in [1.82, 2.24) is 10.2 Å². The molecular weight excluding hydrogens is 360 g/mol. The first-order valence-corrected chi connectivity index (χ1v) is 9.65. The molecule has 0 bridgehead atoms. The molecule has 1 aromatic carbocycles. The fourth-order valence-electron chi connectivity index (χ4n) is 4.05. The number of benzene rings is 1. The summed E-state index contributed by atoms with van der Waals surface area (Å²) in [5, 5.41) is 5.49. The Kier molecular flexibility index (Phi) is 5.67. The second kappa shape index (κ2) is 8.00. The van der Waals surface area contributed by atoms with Crippen molar-refractivity contribution in [2.24, 2.45) is 11.7 Å². The average Bonchev–Trinajstić information content (AvgIpc) is 2.88. The second-order valence-electron chi connectivity index (χ2n) is 7.60. The number of carbonyl (C=O) groups excluding carboxylic acids is 4. The highest BCUT2D eigenvalue weighted by atomic mass is 16.2. The number of hydrogen-bond acceptors (Lipinski definition) is 4. The Balaban J connectivity index is 1.66. The molecule has 4 N–H and O–H groups in total. The predicted molar refractivity (Wildman–Crippen MR) is 103 cm³/mol. The number of nitrogens with one attached hydrogen (secondary N) is 2. The first-order chi connectivity index (χ1) is 13.3. The van der Waals surface area contributed by atoms with Gasteiger partial charge >= 0.3 is 6.03 Å². The van der Waals surface area contributed by atoms with Gasteiger partial charge in [0.25, 0.3) is 5.91 Å². The van der Waals surface area contributed by atoms with Crippen LogP contribution in [0.5, 0.6) is 0 Å². The molecule has 0 atom stereocenters. The number of nitrogens with two attached hydrogens (primary N) is 1. The third-order valence-electron chi connectivity index (χ3n) is 5.74. The molecule has 3 rings (SSSR count). The van der Waals surface area contributed by atoms with Gasteiger partial charge in [-0.15, -0.1) is 0 Å². The number of hydrogen-bond donors (Lipinski definition) is 3. The lowest BCUT2D eigenvalue weighted by Crippen LogP contribution is -2.49. The van der Waals surface area contributed by atoms with Gasteiger partial charge in [-0.05, 0) is 43.2 Å². The number of amides is 5. The van der Waals surface area contributed by atoms with E-state index in [1.54, 1.807) is 24.3 Å². The van der Waals surface area contributed by atoms with Crippen molar-refractivity contribution in [2.75, 3.05) is 11.9 Å². The molecule has 0 aromatic heterocycles. The Morgan fingerprint density at radius 1 is 1.25 bits per heavy atom. The van der Waals surface area contributed by atoms with Crippen LogP contribution in [-0.2, 0) is 20.8 Å². The fraction of sp³-hybridized carbons (Fsp3) is 0.500. The minimum atomic E-state index is -0.868. The summed E-state index contributed by atoms with van der Waals surface area (Å²) in [6.07, 6.45) is 4.05. The number of para-hydroxylation sites is 1. The zero-order chi connectivity index (χ0) is 20.3. The first kappa shape index (κ1) is 19.9. The number of primary amides is 1. The van der Waals surface area contributed by atoms with Crippen molar-refractivity contribution in [3.8, 4) is 0 Å². The van der Waals surface area contributed by atoms with Gasteiger partial charge in [-0.2, -0.15) is 0 Å². The van der Waals surface area contributed by atoms with E-state index in [1.807, 2.05) is 0 Å². The molecule has 1 spiro atoms. The SMILES string of the molecule is CCC1CCC2(CC1)NC(=O)N(CC(=O)Nc1ccccc1CC(N)=O)C2=O. The van der Waals surface area contributed by atoms with E-state index in [2.05, 4.69) is 17.6 Å². The Bertz CT molecular complexity index is 799. The van der Waals surface area contributed by atoms with E-state index in [0.717, 1.165) is 24.2 Å². The Hall–Kier alpha value is -2.90. The zero-order valence-electron chi connectivity index (χ0n) is 16.0. The standard InChI is InChI=1S/C20H26N4O4/c1-2-13-7-9-20(10-8-13)18(27)24(19(28)23-20)12-17(26)22-15-6-4-3-5-14(15)11-16(21)25/h3-6,13H,2,7-12H2,1H3,(H2,21,25)(H,22,26)(H,23,28). The fourth-order valence-corrected chi connectivity index (χ4v) is 4.05. The molecule has 2 fully saturated rings. The van der Waals surface area contributed by atoms with Crippen LogP contribution in [0.1, 0.15) is 44.6 Å². The van der Waals surface area contributed by atoms with Crippen molar-refractivity contribution < 1.29 is 19.2 Å². The van der Waals surface area contributed by atoms with Gasteiger partial charge in [-0.25, -0.2) is 4.79 Å². The summed E-state index contributed by atoms with van der Waals surface area (Å²) < 4.78 is 0. The number of nitrogens with zero attached hydrogens (tertiary/aromatic N) is 1. The molecule has 0 unspecified atom stereocenters. The van der Waals surface area contributed by atoms with E-state index in [0.29, 0.717) is 30.0 Å². The summed E-state index contributed by atoms with van der Waals surface area (Å²) in [7, 11) is 0. The van der Waals surface area contributed by atoms with E-state index >= 15 is 0 Å². The van der Waals surface area contributed by atoms with Gasteiger partial charge in [0.05, 0.1) is 6.42 Å². The van der Waals surface area contributed by atoms with Crippen LogP contribution in [0, 0.1) is 5.92 Å².